The van der Waals surface area contributed by atoms with E-state index in [0.717, 1.165) is 33.5 Å². The third-order valence-corrected chi connectivity index (χ3v) is 4.61. The van der Waals surface area contributed by atoms with E-state index < -0.39 is 0 Å². The van der Waals surface area contributed by atoms with Gasteiger partial charge in [-0.2, -0.15) is 14.6 Å². The van der Waals surface area contributed by atoms with Gasteiger partial charge in [0.2, 0.25) is 0 Å². The van der Waals surface area contributed by atoms with Crippen LogP contribution in [0.5, 0.6) is 0 Å². The van der Waals surface area contributed by atoms with Crippen molar-refractivity contribution in [3.63, 3.8) is 0 Å². The first-order valence-electron chi connectivity index (χ1n) is 7.71. The Bertz CT molecular complexity index is 1020. The van der Waals surface area contributed by atoms with E-state index in [9.17, 15) is 0 Å². The lowest BCUT2D eigenvalue weighted by Crippen LogP contribution is -2.04. The highest BCUT2D eigenvalue weighted by Gasteiger charge is 2.09. The van der Waals surface area contributed by atoms with E-state index in [0.29, 0.717) is 12.4 Å². The molecule has 0 atom stereocenters. The van der Waals surface area contributed by atoms with E-state index in [2.05, 4.69) is 37.5 Å². The van der Waals surface area contributed by atoms with Crippen LogP contribution in [0.25, 0.3) is 16.3 Å². The van der Waals surface area contributed by atoms with Gasteiger partial charge in [-0.1, -0.05) is 12.1 Å². The monoisotopic (exact) mass is 352 g/mol. The molecule has 0 aliphatic carbocycles. The Kier molecular flexibility index (Phi) is 4.12. The predicted molar refractivity (Wildman–Crippen MR) is 97.1 cm³/mol. The van der Waals surface area contributed by atoms with Crippen molar-refractivity contribution < 1.29 is 4.74 Å². The summed E-state index contributed by atoms with van der Waals surface area (Å²) >= 11 is 1.64. The van der Waals surface area contributed by atoms with Crippen molar-refractivity contribution in [1.82, 2.24) is 24.6 Å². The Balaban J connectivity index is 1.70. The number of benzene rings is 1. The van der Waals surface area contributed by atoms with Crippen molar-refractivity contribution >= 4 is 28.6 Å². The van der Waals surface area contributed by atoms with E-state index in [1.807, 2.05) is 30.5 Å². The van der Waals surface area contributed by atoms with Gasteiger partial charge in [0.05, 0.1) is 12.3 Å². The minimum Gasteiger partial charge on any atom is -0.378 e. The number of methoxy groups -OCH3 is 1. The largest absolute Gasteiger partial charge is 0.378 e. The number of anilines is 2. The third-order valence-electron chi connectivity index (χ3n) is 3.60. The van der Waals surface area contributed by atoms with Crippen LogP contribution in [0.2, 0.25) is 0 Å². The molecule has 3 aromatic heterocycles. The highest BCUT2D eigenvalue weighted by Crippen LogP contribution is 2.27. The second-order valence-electron chi connectivity index (χ2n) is 5.54. The van der Waals surface area contributed by atoms with Crippen LogP contribution in [0.4, 0.5) is 11.5 Å². The van der Waals surface area contributed by atoms with Gasteiger partial charge >= 0.3 is 0 Å². The number of aromatic nitrogens is 5. The van der Waals surface area contributed by atoms with Gasteiger partial charge in [-0.15, -0.1) is 11.3 Å². The average molecular weight is 352 g/mol. The van der Waals surface area contributed by atoms with Crippen molar-refractivity contribution in [2.45, 2.75) is 13.5 Å². The van der Waals surface area contributed by atoms with Gasteiger partial charge in [0, 0.05) is 35.5 Å². The van der Waals surface area contributed by atoms with Crippen LogP contribution in [0, 0.1) is 6.92 Å². The molecule has 0 spiro atoms. The Hall–Kier alpha value is -2.84. The summed E-state index contributed by atoms with van der Waals surface area (Å²) in [5.41, 5.74) is 3.83. The van der Waals surface area contributed by atoms with Crippen LogP contribution in [0.3, 0.4) is 0 Å². The normalized spacial score (nSPS) is 11.1. The zero-order chi connectivity index (χ0) is 17.2. The molecule has 8 heteroatoms. The summed E-state index contributed by atoms with van der Waals surface area (Å²) in [7, 11) is 1.64. The van der Waals surface area contributed by atoms with Crippen molar-refractivity contribution in [1.29, 1.82) is 0 Å². The third kappa shape index (κ3) is 3.21. The predicted octanol–water partition coefficient (Wildman–Crippen LogP) is 3.45. The molecular formula is C17H16N6OS. The zero-order valence-corrected chi connectivity index (χ0v) is 14.6. The quantitative estimate of drug-likeness (QED) is 0.593. The van der Waals surface area contributed by atoms with E-state index in [4.69, 9.17) is 4.74 Å². The number of thiazole rings is 1. The number of nitrogens with zero attached hydrogens (tertiary/aromatic N) is 5. The molecule has 1 aromatic carbocycles. The van der Waals surface area contributed by atoms with Crippen LogP contribution in [-0.2, 0) is 11.3 Å². The first-order valence-corrected chi connectivity index (χ1v) is 8.59. The highest BCUT2D eigenvalue weighted by atomic mass is 32.1. The van der Waals surface area contributed by atoms with Crippen LogP contribution in [-0.4, -0.2) is 31.7 Å². The summed E-state index contributed by atoms with van der Waals surface area (Å²) in [6, 6.07) is 10.0. The van der Waals surface area contributed by atoms with Crippen LogP contribution in [0.1, 0.15) is 11.4 Å². The molecule has 3 heterocycles. The van der Waals surface area contributed by atoms with Crippen LogP contribution >= 0.6 is 11.3 Å². The summed E-state index contributed by atoms with van der Waals surface area (Å²) in [6.07, 6.45) is 1.48. The molecule has 0 fully saturated rings. The number of fused-ring (bicyclic) bond motifs is 1. The Morgan fingerprint density at radius 3 is 2.96 bits per heavy atom. The molecule has 1 N–H and O–H groups in total. The molecule has 0 unspecified atom stereocenters. The van der Waals surface area contributed by atoms with Gasteiger partial charge < -0.3 is 10.1 Å². The van der Waals surface area contributed by atoms with Gasteiger partial charge in [-0.25, -0.2) is 9.97 Å². The maximum Gasteiger partial charge on any atom is 0.254 e. The number of ether oxygens (including phenoxy) is 1. The van der Waals surface area contributed by atoms with Gasteiger partial charge in [0.25, 0.3) is 5.78 Å². The fourth-order valence-electron chi connectivity index (χ4n) is 2.54. The first kappa shape index (κ1) is 15.7. The summed E-state index contributed by atoms with van der Waals surface area (Å²) in [6.45, 7) is 2.41. The SMILES string of the molecule is COCc1cc(Nc2cccc(-c3nc(C)cs3)c2)n2ncnc2n1. The lowest BCUT2D eigenvalue weighted by atomic mass is 10.2. The molecule has 0 saturated heterocycles. The lowest BCUT2D eigenvalue weighted by molar-refractivity contribution is 0.181. The van der Waals surface area contributed by atoms with Gasteiger partial charge in [-0.05, 0) is 19.1 Å². The maximum absolute atomic E-state index is 5.18. The highest BCUT2D eigenvalue weighted by molar-refractivity contribution is 7.13. The van der Waals surface area contributed by atoms with Crippen LogP contribution in [0.15, 0.2) is 42.0 Å². The molecule has 0 aliphatic heterocycles. The maximum atomic E-state index is 5.18. The fraction of sp³-hybridized carbons (Fsp3) is 0.176. The van der Waals surface area contributed by atoms with Crippen molar-refractivity contribution in [2.24, 2.45) is 0 Å². The molecule has 126 valence electrons. The molecule has 0 aliphatic rings. The van der Waals surface area contributed by atoms with Gasteiger partial charge in [0.1, 0.15) is 17.2 Å². The van der Waals surface area contributed by atoms with E-state index in [-0.39, 0.29) is 0 Å². The van der Waals surface area contributed by atoms with E-state index in [1.54, 1.807) is 23.0 Å². The Labute approximate surface area is 148 Å². The van der Waals surface area contributed by atoms with Crippen molar-refractivity contribution in [3.05, 3.63) is 53.4 Å². The summed E-state index contributed by atoms with van der Waals surface area (Å²) < 4.78 is 6.85. The Morgan fingerprint density at radius 1 is 1.24 bits per heavy atom. The molecule has 4 aromatic rings. The van der Waals surface area contributed by atoms with E-state index >= 15 is 0 Å². The topological polar surface area (TPSA) is 77.2 Å². The number of hydrogen-bond acceptors (Lipinski definition) is 7. The molecule has 0 bridgehead atoms. The van der Waals surface area contributed by atoms with Crippen molar-refractivity contribution in [2.75, 3.05) is 12.4 Å². The van der Waals surface area contributed by atoms with E-state index in [1.165, 1.54) is 6.33 Å². The smallest absolute Gasteiger partial charge is 0.254 e. The molecule has 25 heavy (non-hydrogen) atoms. The number of hydrogen-bond donors (Lipinski definition) is 1. The number of aryl methyl sites for hydroxylation is 1. The fourth-order valence-corrected chi connectivity index (χ4v) is 3.33. The summed E-state index contributed by atoms with van der Waals surface area (Å²) in [5, 5.41) is 10.7. The molecule has 4 rings (SSSR count). The summed E-state index contributed by atoms with van der Waals surface area (Å²) in [4.78, 5) is 13.1. The minimum absolute atomic E-state index is 0.413. The van der Waals surface area contributed by atoms with Gasteiger partial charge in [-0.3, -0.25) is 0 Å². The van der Waals surface area contributed by atoms with Crippen LogP contribution < -0.4 is 5.32 Å². The zero-order valence-electron chi connectivity index (χ0n) is 13.8. The molecular weight excluding hydrogens is 336 g/mol. The van der Waals surface area contributed by atoms with Gasteiger partial charge in [0.15, 0.2) is 0 Å². The lowest BCUT2D eigenvalue weighted by Gasteiger charge is -2.10. The average Bonchev–Trinajstić information content (AvgIpc) is 3.24. The molecule has 0 radical (unpaired) electrons. The molecule has 0 amide bonds. The number of rotatable bonds is 5. The number of nitrogens with one attached hydrogen (secondary N) is 1. The standard InChI is InChI=1S/C17H16N6OS/c1-11-9-25-16(20-11)12-4-3-5-13(6-12)21-15-7-14(8-24-2)22-17-18-10-19-23(15)17/h3-7,9-10,21H,8H2,1-2H3. The second-order valence-corrected chi connectivity index (χ2v) is 6.40. The summed E-state index contributed by atoms with van der Waals surface area (Å²) in [5.74, 6) is 1.31. The minimum atomic E-state index is 0.413. The molecule has 7 nitrogen and oxygen atoms in total. The Morgan fingerprint density at radius 2 is 2.16 bits per heavy atom. The molecule has 0 saturated carbocycles. The second kappa shape index (κ2) is 6.58. The van der Waals surface area contributed by atoms with Crippen molar-refractivity contribution in [3.8, 4) is 10.6 Å². The first-order chi connectivity index (χ1) is 12.2.